The summed E-state index contributed by atoms with van der Waals surface area (Å²) in [5.41, 5.74) is 0.128. The number of halogens is 1. The van der Waals surface area contributed by atoms with E-state index in [1.165, 1.54) is 10.8 Å². The highest BCUT2D eigenvalue weighted by Gasteiger charge is 2.34. The molecule has 7 heteroatoms. The molecule has 0 bridgehead atoms. The first-order valence-electron chi connectivity index (χ1n) is 6.55. The third kappa shape index (κ3) is 2.79. The smallest absolute Gasteiger partial charge is 0.289 e. The quantitative estimate of drug-likeness (QED) is 0.508. The Balaban J connectivity index is 2.46. The van der Waals surface area contributed by atoms with Gasteiger partial charge in [-0.15, -0.1) is 0 Å². The van der Waals surface area contributed by atoms with E-state index in [4.69, 9.17) is 0 Å². The number of hydrogen-bond donors (Lipinski definition) is 1. The Morgan fingerprint density at radius 3 is 2.60 bits per heavy atom. The van der Waals surface area contributed by atoms with Crippen LogP contribution < -0.4 is 5.56 Å². The minimum absolute atomic E-state index is 0.0183. The van der Waals surface area contributed by atoms with E-state index < -0.39 is 4.92 Å². The molecule has 1 fully saturated rings. The van der Waals surface area contributed by atoms with E-state index in [0.29, 0.717) is 17.9 Å². The van der Waals surface area contributed by atoms with Crippen LogP contribution in [0, 0.1) is 22.5 Å². The molecule has 0 N–H and O–H groups in total. The highest BCUT2D eigenvalue weighted by Crippen LogP contribution is 2.40. The van der Waals surface area contributed by atoms with Crippen molar-refractivity contribution in [1.29, 1.82) is 0 Å². The molecule has 0 atom stereocenters. The zero-order valence-electron chi connectivity index (χ0n) is 11.3. The third-order valence-electron chi connectivity index (χ3n) is 4.14. The van der Waals surface area contributed by atoms with Gasteiger partial charge in [-0.3, -0.25) is 14.9 Å². The average Bonchev–Trinajstić information content (AvgIpc) is 2.88. The number of aromatic nitrogens is 1. The summed E-state index contributed by atoms with van der Waals surface area (Å²) in [6.07, 6.45) is 5.66. The lowest BCUT2D eigenvalue weighted by Crippen LogP contribution is -2.32. The van der Waals surface area contributed by atoms with Crippen LogP contribution in [0.2, 0.25) is 0 Å². The summed E-state index contributed by atoms with van der Waals surface area (Å²) < 4.78 is 1.75. The van der Waals surface area contributed by atoms with Gasteiger partial charge in [0.1, 0.15) is 0 Å². The number of pyridine rings is 1. The van der Waals surface area contributed by atoms with Crippen molar-refractivity contribution in [1.82, 2.24) is 4.57 Å². The summed E-state index contributed by atoms with van der Waals surface area (Å²) >= 11 is 7.60. The minimum Gasteiger partial charge on any atom is -0.307 e. The lowest BCUT2D eigenvalue weighted by molar-refractivity contribution is -0.386. The topological polar surface area (TPSA) is 65.1 Å². The molecule has 0 aliphatic heterocycles. The zero-order valence-corrected chi connectivity index (χ0v) is 13.7. The maximum atomic E-state index is 12.3. The molecule has 5 nitrogen and oxygen atoms in total. The molecule has 2 rings (SSSR count). The fraction of sp³-hybridized carbons (Fsp3) is 0.615. The van der Waals surface area contributed by atoms with Gasteiger partial charge in [0, 0.05) is 12.1 Å². The normalized spacial score (nSPS) is 17.4. The Bertz CT molecular complexity index is 594. The summed E-state index contributed by atoms with van der Waals surface area (Å²) in [6.45, 7) is 2.08. The van der Waals surface area contributed by atoms with Crippen molar-refractivity contribution in [2.24, 2.45) is 5.41 Å². The van der Waals surface area contributed by atoms with E-state index >= 15 is 0 Å². The molecular weight excluding hydrogens is 344 g/mol. The van der Waals surface area contributed by atoms with Gasteiger partial charge in [0.05, 0.1) is 15.6 Å². The van der Waals surface area contributed by atoms with Crippen molar-refractivity contribution in [2.45, 2.75) is 39.2 Å². The predicted molar refractivity (Wildman–Crippen MR) is 84.5 cm³/mol. The van der Waals surface area contributed by atoms with Crippen LogP contribution in [0.3, 0.4) is 0 Å². The van der Waals surface area contributed by atoms with E-state index in [0.717, 1.165) is 25.7 Å². The van der Waals surface area contributed by atoms with Crippen LogP contribution in [0.5, 0.6) is 0 Å². The lowest BCUT2D eigenvalue weighted by Gasteiger charge is -2.27. The molecule has 0 unspecified atom stereocenters. The molecular formula is C13H17BrN2O3S. The predicted octanol–water partition coefficient (Wildman–Crippen LogP) is 3.32. The van der Waals surface area contributed by atoms with Crippen molar-refractivity contribution in [3.8, 4) is 0 Å². The number of rotatable bonds is 4. The van der Waals surface area contributed by atoms with Gasteiger partial charge in [-0.25, -0.2) is 0 Å². The standard InChI is InChI=1S/C13H17BrN2O3S/c1-9-10(16(18)19)6-15(12(17)11(9)14)7-13(8-20)4-2-3-5-13/h6,20H,2-5,7-8H2,1H3. The van der Waals surface area contributed by atoms with Crippen LogP contribution in [0.4, 0.5) is 5.69 Å². The number of nitro groups is 1. The average molecular weight is 361 g/mol. The highest BCUT2D eigenvalue weighted by molar-refractivity contribution is 9.10. The molecule has 0 aromatic carbocycles. The number of hydrogen-bond acceptors (Lipinski definition) is 4. The van der Waals surface area contributed by atoms with Crippen LogP contribution in [-0.4, -0.2) is 15.2 Å². The summed E-state index contributed by atoms with van der Waals surface area (Å²) in [6, 6.07) is 0. The second-order valence-electron chi connectivity index (χ2n) is 5.51. The Labute approximate surface area is 131 Å². The maximum absolute atomic E-state index is 12.3. The van der Waals surface area contributed by atoms with Crippen LogP contribution in [-0.2, 0) is 6.54 Å². The number of thiol groups is 1. The second kappa shape index (κ2) is 5.89. The molecule has 1 aliphatic rings. The Hall–Kier alpha value is -0.820. The van der Waals surface area contributed by atoms with Crippen LogP contribution >= 0.6 is 28.6 Å². The van der Waals surface area contributed by atoms with Gasteiger partial charge in [-0.2, -0.15) is 12.6 Å². The first kappa shape index (κ1) is 15.6. The fourth-order valence-corrected chi connectivity index (χ4v) is 3.70. The molecule has 1 aromatic rings. The number of nitrogens with zero attached hydrogens (tertiary/aromatic N) is 2. The molecule has 0 spiro atoms. The van der Waals surface area contributed by atoms with E-state index in [-0.39, 0.29) is 21.1 Å². The summed E-state index contributed by atoms with van der Waals surface area (Å²) in [7, 11) is 0. The Kier molecular flexibility index (Phi) is 4.59. The fourth-order valence-electron chi connectivity index (χ4n) is 2.86. The molecule has 20 heavy (non-hydrogen) atoms. The first-order valence-corrected chi connectivity index (χ1v) is 7.97. The molecule has 110 valence electrons. The SMILES string of the molecule is Cc1c([N+](=O)[O-])cn(CC2(CS)CCCC2)c(=O)c1Br. The highest BCUT2D eigenvalue weighted by atomic mass is 79.9. The van der Waals surface area contributed by atoms with Gasteiger partial charge in [0.25, 0.3) is 11.2 Å². The molecule has 1 aliphatic carbocycles. The van der Waals surface area contributed by atoms with E-state index in [9.17, 15) is 14.9 Å². The molecule has 1 aromatic heterocycles. The van der Waals surface area contributed by atoms with Crippen molar-refractivity contribution in [3.05, 3.63) is 36.7 Å². The zero-order chi connectivity index (χ0) is 14.9. The largest absolute Gasteiger partial charge is 0.307 e. The van der Waals surface area contributed by atoms with E-state index in [1.54, 1.807) is 6.92 Å². The van der Waals surface area contributed by atoms with Gasteiger partial charge >= 0.3 is 0 Å². The molecule has 1 heterocycles. The first-order chi connectivity index (χ1) is 9.40. The maximum Gasteiger partial charge on any atom is 0.289 e. The Morgan fingerprint density at radius 1 is 1.50 bits per heavy atom. The molecule has 0 radical (unpaired) electrons. The van der Waals surface area contributed by atoms with Crippen LogP contribution in [0.25, 0.3) is 0 Å². The van der Waals surface area contributed by atoms with E-state index in [1.807, 2.05) is 0 Å². The van der Waals surface area contributed by atoms with Gasteiger partial charge in [0.2, 0.25) is 0 Å². The van der Waals surface area contributed by atoms with Crippen molar-refractivity contribution in [2.75, 3.05) is 5.75 Å². The summed E-state index contributed by atoms with van der Waals surface area (Å²) in [4.78, 5) is 22.9. The lowest BCUT2D eigenvalue weighted by atomic mass is 9.88. The summed E-state index contributed by atoms with van der Waals surface area (Å²) in [5, 5.41) is 11.1. The molecule has 0 amide bonds. The van der Waals surface area contributed by atoms with Gasteiger partial charge in [0.15, 0.2) is 0 Å². The van der Waals surface area contributed by atoms with Crippen molar-refractivity contribution < 1.29 is 4.92 Å². The van der Waals surface area contributed by atoms with Crippen LogP contribution in [0.15, 0.2) is 15.5 Å². The third-order valence-corrected chi connectivity index (χ3v) is 5.75. The van der Waals surface area contributed by atoms with Crippen molar-refractivity contribution >= 4 is 34.2 Å². The van der Waals surface area contributed by atoms with Gasteiger partial charge < -0.3 is 4.57 Å². The van der Waals surface area contributed by atoms with E-state index in [2.05, 4.69) is 28.6 Å². The van der Waals surface area contributed by atoms with Gasteiger partial charge in [-0.1, -0.05) is 12.8 Å². The summed E-state index contributed by atoms with van der Waals surface area (Å²) in [5.74, 6) is 0.693. The van der Waals surface area contributed by atoms with Crippen molar-refractivity contribution in [3.63, 3.8) is 0 Å². The molecule has 0 saturated heterocycles. The van der Waals surface area contributed by atoms with Gasteiger partial charge in [-0.05, 0) is 46.9 Å². The second-order valence-corrected chi connectivity index (χ2v) is 6.62. The molecule has 1 saturated carbocycles. The van der Waals surface area contributed by atoms with Crippen LogP contribution in [0.1, 0.15) is 31.2 Å². The monoisotopic (exact) mass is 360 g/mol. The minimum atomic E-state index is -0.446. The Morgan fingerprint density at radius 2 is 2.10 bits per heavy atom.